The van der Waals surface area contributed by atoms with Gasteiger partial charge in [-0.15, -0.1) is 0 Å². The van der Waals surface area contributed by atoms with E-state index in [0.717, 1.165) is 0 Å². The standard InChI is InChI=1S/C5H13N3O3/c9-5(10,11)1-8-3-6-2-7-4-8/h6-7,9-11H,1-4H2. The SMILES string of the molecule is OC(O)(O)CN1CNCNC1. The van der Waals surface area contributed by atoms with Gasteiger partial charge in [-0.2, -0.15) is 0 Å². The van der Waals surface area contributed by atoms with Gasteiger partial charge in [-0.25, -0.2) is 0 Å². The van der Waals surface area contributed by atoms with Crippen LogP contribution < -0.4 is 10.6 Å². The molecule has 1 aliphatic heterocycles. The van der Waals surface area contributed by atoms with Crippen molar-refractivity contribution >= 4 is 0 Å². The van der Waals surface area contributed by atoms with Gasteiger partial charge in [0.2, 0.25) is 0 Å². The van der Waals surface area contributed by atoms with Crippen LogP contribution in [-0.2, 0) is 0 Å². The largest absolute Gasteiger partial charge is 0.343 e. The van der Waals surface area contributed by atoms with Gasteiger partial charge in [-0.3, -0.25) is 15.5 Å². The van der Waals surface area contributed by atoms with Crippen molar-refractivity contribution in [2.24, 2.45) is 0 Å². The van der Waals surface area contributed by atoms with Crippen LogP contribution in [0.3, 0.4) is 0 Å². The first kappa shape index (κ1) is 8.85. The van der Waals surface area contributed by atoms with Gasteiger partial charge < -0.3 is 15.3 Å². The Morgan fingerprint density at radius 2 is 1.73 bits per heavy atom. The molecule has 5 N–H and O–H groups in total. The maximum absolute atomic E-state index is 8.58. The van der Waals surface area contributed by atoms with Crippen molar-refractivity contribution in [1.82, 2.24) is 15.5 Å². The normalized spacial score (nSPS) is 22.1. The Balaban J connectivity index is 2.24. The highest BCUT2D eigenvalue weighted by atomic mass is 16.7. The van der Waals surface area contributed by atoms with Gasteiger partial charge in [0.05, 0.1) is 19.9 Å². The van der Waals surface area contributed by atoms with E-state index in [1.165, 1.54) is 0 Å². The summed E-state index contributed by atoms with van der Waals surface area (Å²) in [5.74, 6) is -2.60. The topological polar surface area (TPSA) is 88.0 Å². The second-order valence-corrected chi connectivity index (χ2v) is 2.60. The Bertz CT molecular complexity index is 119. The second-order valence-electron chi connectivity index (χ2n) is 2.60. The summed E-state index contributed by atoms with van der Waals surface area (Å²) in [6, 6.07) is 0. The van der Waals surface area contributed by atoms with Crippen LogP contribution in [0.1, 0.15) is 0 Å². The number of aliphatic hydroxyl groups is 3. The minimum Gasteiger partial charge on any atom is -0.343 e. The van der Waals surface area contributed by atoms with E-state index in [2.05, 4.69) is 10.6 Å². The summed E-state index contributed by atoms with van der Waals surface area (Å²) < 4.78 is 0. The molecule has 0 aromatic rings. The molecule has 0 atom stereocenters. The van der Waals surface area contributed by atoms with Crippen molar-refractivity contribution in [3.05, 3.63) is 0 Å². The van der Waals surface area contributed by atoms with E-state index < -0.39 is 5.97 Å². The Hall–Kier alpha value is -0.240. The highest BCUT2D eigenvalue weighted by molar-refractivity contribution is 4.63. The summed E-state index contributed by atoms with van der Waals surface area (Å²) in [5.41, 5.74) is 0. The Labute approximate surface area is 64.4 Å². The lowest BCUT2D eigenvalue weighted by atomic mass is 10.5. The molecule has 0 radical (unpaired) electrons. The molecule has 1 aliphatic rings. The van der Waals surface area contributed by atoms with Crippen molar-refractivity contribution in [3.63, 3.8) is 0 Å². The fourth-order valence-electron chi connectivity index (χ4n) is 0.984. The van der Waals surface area contributed by atoms with Crippen molar-refractivity contribution in [2.45, 2.75) is 5.97 Å². The lowest BCUT2D eigenvalue weighted by Gasteiger charge is -2.30. The zero-order valence-corrected chi connectivity index (χ0v) is 6.12. The third-order valence-electron chi connectivity index (χ3n) is 1.36. The molecule has 0 aromatic heterocycles. The third-order valence-corrected chi connectivity index (χ3v) is 1.36. The van der Waals surface area contributed by atoms with Crippen LogP contribution in [0.2, 0.25) is 0 Å². The lowest BCUT2D eigenvalue weighted by Crippen LogP contribution is -2.55. The van der Waals surface area contributed by atoms with Gasteiger partial charge in [0.25, 0.3) is 5.97 Å². The Kier molecular flexibility index (Phi) is 2.77. The molecule has 0 saturated carbocycles. The number of nitrogens with zero attached hydrogens (tertiary/aromatic N) is 1. The molecule has 66 valence electrons. The Morgan fingerprint density at radius 3 is 2.18 bits per heavy atom. The molecule has 0 bridgehead atoms. The van der Waals surface area contributed by atoms with Gasteiger partial charge in [0, 0.05) is 6.67 Å². The first-order valence-corrected chi connectivity index (χ1v) is 3.39. The maximum Gasteiger partial charge on any atom is 0.288 e. The summed E-state index contributed by atoms with van der Waals surface area (Å²) in [6.07, 6.45) is 0. The van der Waals surface area contributed by atoms with E-state index >= 15 is 0 Å². The van der Waals surface area contributed by atoms with E-state index in [4.69, 9.17) is 15.3 Å². The molecule has 6 heteroatoms. The molecule has 0 amide bonds. The summed E-state index contributed by atoms with van der Waals surface area (Å²) in [7, 11) is 0. The van der Waals surface area contributed by atoms with Gasteiger partial charge in [0.15, 0.2) is 0 Å². The van der Waals surface area contributed by atoms with Crippen LogP contribution >= 0.6 is 0 Å². The molecular weight excluding hydrogens is 150 g/mol. The molecule has 0 spiro atoms. The highest BCUT2D eigenvalue weighted by Crippen LogP contribution is 1.97. The van der Waals surface area contributed by atoms with E-state index in [9.17, 15) is 0 Å². The predicted octanol–water partition coefficient (Wildman–Crippen LogP) is -3.02. The minimum atomic E-state index is -2.60. The third kappa shape index (κ3) is 3.61. The van der Waals surface area contributed by atoms with Crippen molar-refractivity contribution in [1.29, 1.82) is 0 Å². The van der Waals surface area contributed by atoms with Crippen LogP contribution in [0.5, 0.6) is 0 Å². The van der Waals surface area contributed by atoms with Gasteiger partial charge in [0.1, 0.15) is 0 Å². The van der Waals surface area contributed by atoms with Gasteiger partial charge >= 0.3 is 0 Å². The molecule has 1 rings (SSSR count). The number of nitrogens with one attached hydrogen (secondary N) is 2. The summed E-state index contributed by atoms with van der Waals surface area (Å²) in [4.78, 5) is 1.63. The molecule has 11 heavy (non-hydrogen) atoms. The van der Waals surface area contributed by atoms with Crippen molar-refractivity contribution < 1.29 is 15.3 Å². The predicted molar refractivity (Wildman–Crippen MR) is 37.0 cm³/mol. The zero-order chi connectivity index (χ0) is 8.32. The first-order chi connectivity index (χ1) is 5.08. The number of hydrogen-bond acceptors (Lipinski definition) is 6. The molecule has 1 saturated heterocycles. The van der Waals surface area contributed by atoms with E-state index in [0.29, 0.717) is 20.0 Å². The van der Waals surface area contributed by atoms with Crippen LogP contribution in [0.25, 0.3) is 0 Å². The molecule has 1 heterocycles. The fourth-order valence-corrected chi connectivity index (χ4v) is 0.984. The Morgan fingerprint density at radius 1 is 1.18 bits per heavy atom. The number of hydrogen-bond donors (Lipinski definition) is 5. The summed E-state index contributed by atoms with van der Waals surface area (Å²) in [5, 5.41) is 31.6. The van der Waals surface area contributed by atoms with Crippen molar-refractivity contribution in [2.75, 3.05) is 26.6 Å². The van der Waals surface area contributed by atoms with Crippen LogP contribution in [-0.4, -0.2) is 52.7 Å². The number of rotatable bonds is 2. The fraction of sp³-hybridized carbons (Fsp3) is 1.00. The smallest absolute Gasteiger partial charge is 0.288 e. The molecular formula is C5H13N3O3. The molecule has 0 aromatic carbocycles. The summed E-state index contributed by atoms with van der Waals surface area (Å²) >= 11 is 0. The van der Waals surface area contributed by atoms with Gasteiger partial charge in [-0.1, -0.05) is 0 Å². The number of β-amino-alcohol motifs (C(OH)–C–C–N with tert-alkyl or cyclic N) is 3. The zero-order valence-electron chi connectivity index (χ0n) is 6.12. The molecule has 0 unspecified atom stereocenters. The highest BCUT2D eigenvalue weighted by Gasteiger charge is 2.23. The second kappa shape index (κ2) is 3.44. The van der Waals surface area contributed by atoms with Gasteiger partial charge in [-0.05, 0) is 0 Å². The van der Waals surface area contributed by atoms with Crippen LogP contribution in [0.15, 0.2) is 0 Å². The monoisotopic (exact) mass is 163 g/mol. The van der Waals surface area contributed by atoms with E-state index in [-0.39, 0.29) is 6.54 Å². The average Bonchev–Trinajstić information content (AvgIpc) is 1.85. The van der Waals surface area contributed by atoms with Crippen LogP contribution in [0, 0.1) is 0 Å². The summed E-state index contributed by atoms with van der Waals surface area (Å²) in [6.45, 7) is 1.59. The molecule has 6 nitrogen and oxygen atoms in total. The molecule has 0 aliphatic carbocycles. The first-order valence-electron chi connectivity index (χ1n) is 3.39. The van der Waals surface area contributed by atoms with Crippen LogP contribution in [0.4, 0.5) is 0 Å². The minimum absolute atomic E-state index is 0.188. The van der Waals surface area contributed by atoms with E-state index in [1.807, 2.05) is 0 Å². The van der Waals surface area contributed by atoms with E-state index in [1.54, 1.807) is 4.90 Å². The van der Waals surface area contributed by atoms with Crippen molar-refractivity contribution in [3.8, 4) is 0 Å². The quantitative estimate of drug-likeness (QED) is 0.279. The molecule has 1 fully saturated rings. The lowest BCUT2D eigenvalue weighted by molar-refractivity contribution is -0.318. The average molecular weight is 163 g/mol. The maximum atomic E-state index is 8.58.